The molecule has 1 aromatic carbocycles. The summed E-state index contributed by atoms with van der Waals surface area (Å²) in [5.74, 6) is -2.23. The topological polar surface area (TPSA) is 58.6 Å². The fourth-order valence-electron chi connectivity index (χ4n) is 1.76. The van der Waals surface area contributed by atoms with Crippen molar-refractivity contribution >= 4 is 5.91 Å². The van der Waals surface area contributed by atoms with Crippen LogP contribution >= 0.6 is 0 Å². The molecule has 2 N–H and O–H groups in total. The summed E-state index contributed by atoms with van der Waals surface area (Å²) in [5.41, 5.74) is -0.693. The van der Waals surface area contributed by atoms with E-state index in [1.165, 1.54) is 0 Å². The van der Waals surface area contributed by atoms with Crippen molar-refractivity contribution < 1.29 is 23.4 Å². The Hall–Kier alpha value is -1.69. The second-order valence-electron chi connectivity index (χ2n) is 4.56. The average Bonchev–Trinajstić information content (AvgIpc) is 2.44. The third-order valence-corrected chi connectivity index (χ3v) is 3.31. The van der Waals surface area contributed by atoms with Crippen LogP contribution in [-0.2, 0) is 4.79 Å². The predicted molar refractivity (Wildman–Crippen MR) is 70.4 cm³/mol. The lowest BCUT2D eigenvalue weighted by Crippen LogP contribution is -2.51. The van der Waals surface area contributed by atoms with Crippen LogP contribution in [0.5, 0.6) is 5.75 Å². The molecule has 0 aliphatic heterocycles. The van der Waals surface area contributed by atoms with Crippen LogP contribution in [0.2, 0.25) is 0 Å². The Morgan fingerprint density at radius 2 is 2.00 bits per heavy atom. The van der Waals surface area contributed by atoms with Crippen LogP contribution in [0.1, 0.15) is 26.7 Å². The van der Waals surface area contributed by atoms with Crippen LogP contribution in [0.25, 0.3) is 0 Å². The number of ether oxygens (including phenoxy) is 1. The number of hydrogen-bond acceptors (Lipinski definition) is 3. The van der Waals surface area contributed by atoms with Crippen molar-refractivity contribution in [2.75, 3.05) is 13.2 Å². The van der Waals surface area contributed by atoms with E-state index in [0.717, 1.165) is 12.1 Å². The zero-order chi connectivity index (χ0) is 15.2. The lowest BCUT2D eigenvalue weighted by molar-refractivity contribution is -0.125. The summed E-state index contributed by atoms with van der Waals surface area (Å²) in [6.07, 6.45) is 1.13. The van der Waals surface area contributed by atoms with E-state index < -0.39 is 29.7 Å². The van der Waals surface area contributed by atoms with Crippen molar-refractivity contribution in [2.24, 2.45) is 0 Å². The van der Waals surface area contributed by atoms with Gasteiger partial charge in [-0.1, -0.05) is 13.8 Å². The maximum absolute atomic E-state index is 13.3. The summed E-state index contributed by atoms with van der Waals surface area (Å²) in [6, 6.07) is 2.85. The molecule has 1 aromatic rings. The maximum Gasteiger partial charge on any atom is 0.258 e. The van der Waals surface area contributed by atoms with Crippen molar-refractivity contribution in [3.63, 3.8) is 0 Å². The molecule has 0 aliphatic carbocycles. The second kappa shape index (κ2) is 7.19. The third-order valence-electron chi connectivity index (χ3n) is 3.31. The van der Waals surface area contributed by atoms with E-state index in [9.17, 15) is 18.7 Å². The lowest BCUT2D eigenvalue weighted by Gasteiger charge is -2.30. The zero-order valence-electron chi connectivity index (χ0n) is 11.6. The van der Waals surface area contributed by atoms with Crippen LogP contribution in [0.15, 0.2) is 18.2 Å². The van der Waals surface area contributed by atoms with E-state index in [1.54, 1.807) is 0 Å². The summed E-state index contributed by atoms with van der Waals surface area (Å²) in [6.45, 7) is 3.11. The molecule has 0 saturated heterocycles. The lowest BCUT2D eigenvalue weighted by atomic mass is 9.94. The highest BCUT2D eigenvalue weighted by Crippen LogP contribution is 2.18. The summed E-state index contributed by atoms with van der Waals surface area (Å²) >= 11 is 0. The molecule has 0 spiro atoms. The van der Waals surface area contributed by atoms with Gasteiger partial charge in [0, 0.05) is 6.07 Å². The fraction of sp³-hybridized carbons (Fsp3) is 0.500. The number of halogens is 2. The van der Waals surface area contributed by atoms with E-state index in [4.69, 9.17) is 4.74 Å². The molecule has 20 heavy (non-hydrogen) atoms. The summed E-state index contributed by atoms with van der Waals surface area (Å²) in [5, 5.41) is 12.0. The van der Waals surface area contributed by atoms with E-state index >= 15 is 0 Å². The van der Waals surface area contributed by atoms with Crippen LogP contribution in [0.3, 0.4) is 0 Å². The molecular weight excluding hydrogens is 268 g/mol. The Bertz CT molecular complexity index is 453. The van der Waals surface area contributed by atoms with Gasteiger partial charge in [-0.15, -0.1) is 0 Å². The normalized spacial score (nSPS) is 11.2. The highest BCUT2D eigenvalue weighted by atomic mass is 19.1. The van der Waals surface area contributed by atoms with Crippen LogP contribution in [0, 0.1) is 11.6 Å². The van der Waals surface area contributed by atoms with Gasteiger partial charge in [-0.2, -0.15) is 0 Å². The Labute approximate surface area is 116 Å². The van der Waals surface area contributed by atoms with E-state index in [-0.39, 0.29) is 12.4 Å². The van der Waals surface area contributed by atoms with Crippen molar-refractivity contribution in [1.82, 2.24) is 5.32 Å². The molecule has 0 atom stereocenters. The minimum atomic E-state index is -0.864. The minimum absolute atomic E-state index is 0.184. The molecule has 0 unspecified atom stereocenters. The number of amides is 1. The van der Waals surface area contributed by atoms with Gasteiger partial charge >= 0.3 is 0 Å². The van der Waals surface area contributed by atoms with Gasteiger partial charge in [0.15, 0.2) is 18.2 Å². The number of benzene rings is 1. The summed E-state index contributed by atoms with van der Waals surface area (Å²) in [7, 11) is 0. The largest absolute Gasteiger partial charge is 0.481 e. The molecule has 0 heterocycles. The monoisotopic (exact) mass is 287 g/mol. The predicted octanol–water partition coefficient (Wildman–Crippen LogP) is 2.01. The number of carbonyl (C=O) groups is 1. The number of aliphatic hydroxyl groups excluding tert-OH is 1. The van der Waals surface area contributed by atoms with Gasteiger partial charge in [0.2, 0.25) is 0 Å². The first-order chi connectivity index (χ1) is 9.46. The van der Waals surface area contributed by atoms with Gasteiger partial charge in [-0.05, 0) is 25.0 Å². The summed E-state index contributed by atoms with van der Waals surface area (Å²) < 4.78 is 31.0. The number of carbonyl (C=O) groups excluding carboxylic acids is 1. The summed E-state index contributed by atoms with van der Waals surface area (Å²) in [4.78, 5) is 11.7. The molecule has 1 rings (SSSR count). The quantitative estimate of drug-likeness (QED) is 0.806. The van der Waals surface area contributed by atoms with Gasteiger partial charge in [-0.25, -0.2) is 8.78 Å². The SMILES string of the molecule is CCC(CC)(CO)NC(=O)COc1ccc(F)cc1F. The van der Waals surface area contributed by atoms with Crippen LogP contribution in [-0.4, -0.2) is 29.8 Å². The van der Waals surface area contributed by atoms with Gasteiger partial charge in [-0.3, -0.25) is 4.79 Å². The minimum Gasteiger partial charge on any atom is -0.481 e. The van der Waals surface area contributed by atoms with Gasteiger partial charge < -0.3 is 15.2 Å². The van der Waals surface area contributed by atoms with Crippen LogP contribution in [0.4, 0.5) is 8.78 Å². The molecule has 0 radical (unpaired) electrons. The number of hydrogen-bond donors (Lipinski definition) is 2. The Morgan fingerprint density at radius 3 is 2.50 bits per heavy atom. The van der Waals surface area contributed by atoms with E-state index in [0.29, 0.717) is 18.9 Å². The maximum atomic E-state index is 13.3. The zero-order valence-corrected chi connectivity index (χ0v) is 11.6. The first-order valence-corrected chi connectivity index (χ1v) is 6.46. The standard InChI is InChI=1S/C14H19F2NO3/c1-3-14(4-2,9-18)17-13(19)8-20-12-6-5-10(15)7-11(12)16/h5-7,18H,3-4,8-9H2,1-2H3,(H,17,19). The molecule has 6 heteroatoms. The molecule has 112 valence electrons. The first kappa shape index (κ1) is 16.4. The smallest absolute Gasteiger partial charge is 0.258 e. The molecular formula is C14H19F2NO3. The van der Waals surface area contributed by atoms with E-state index in [1.807, 2.05) is 13.8 Å². The van der Waals surface area contributed by atoms with Crippen molar-refractivity contribution in [2.45, 2.75) is 32.2 Å². The average molecular weight is 287 g/mol. The number of rotatable bonds is 7. The molecule has 0 aliphatic rings. The Balaban J connectivity index is 2.59. The first-order valence-electron chi connectivity index (χ1n) is 6.46. The highest BCUT2D eigenvalue weighted by Gasteiger charge is 2.27. The molecule has 0 fully saturated rings. The Kier molecular flexibility index (Phi) is 5.88. The molecule has 4 nitrogen and oxygen atoms in total. The highest BCUT2D eigenvalue weighted by molar-refractivity contribution is 5.78. The molecule has 0 saturated carbocycles. The fourth-order valence-corrected chi connectivity index (χ4v) is 1.76. The number of aliphatic hydroxyl groups is 1. The van der Waals surface area contributed by atoms with Crippen molar-refractivity contribution in [3.05, 3.63) is 29.8 Å². The number of nitrogens with one attached hydrogen (secondary N) is 1. The van der Waals surface area contributed by atoms with Gasteiger partial charge in [0.25, 0.3) is 5.91 Å². The van der Waals surface area contributed by atoms with E-state index in [2.05, 4.69) is 5.32 Å². The molecule has 0 aromatic heterocycles. The third kappa shape index (κ3) is 4.16. The van der Waals surface area contributed by atoms with Crippen molar-refractivity contribution in [1.29, 1.82) is 0 Å². The van der Waals surface area contributed by atoms with Gasteiger partial charge in [0.05, 0.1) is 12.1 Å². The molecule has 1 amide bonds. The Morgan fingerprint density at radius 1 is 1.35 bits per heavy atom. The van der Waals surface area contributed by atoms with Crippen LogP contribution < -0.4 is 10.1 Å². The van der Waals surface area contributed by atoms with Crippen molar-refractivity contribution in [3.8, 4) is 5.75 Å². The second-order valence-corrected chi connectivity index (χ2v) is 4.56. The molecule has 0 bridgehead atoms. The van der Waals surface area contributed by atoms with Gasteiger partial charge in [0.1, 0.15) is 5.82 Å².